The van der Waals surface area contributed by atoms with Crippen molar-refractivity contribution in [2.45, 2.75) is 40.2 Å². The van der Waals surface area contributed by atoms with Crippen molar-refractivity contribution >= 4 is 11.7 Å². The summed E-state index contributed by atoms with van der Waals surface area (Å²) in [6, 6.07) is 7.05. The van der Waals surface area contributed by atoms with E-state index >= 15 is 0 Å². The highest BCUT2D eigenvalue weighted by Crippen LogP contribution is 2.47. The number of hydrogen-bond acceptors (Lipinski definition) is 2. The fourth-order valence-corrected chi connectivity index (χ4v) is 2.51. The Morgan fingerprint density at radius 2 is 1.58 bits per heavy atom. The summed E-state index contributed by atoms with van der Waals surface area (Å²) in [4.78, 5) is 26.1. The van der Waals surface area contributed by atoms with Gasteiger partial charge in [-0.1, -0.05) is 32.0 Å². The first kappa shape index (κ1) is 13.8. The van der Waals surface area contributed by atoms with Crippen molar-refractivity contribution < 1.29 is 9.59 Å². The van der Waals surface area contributed by atoms with Crippen LogP contribution >= 0.6 is 0 Å². The van der Waals surface area contributed by atoms with Crippen LogP contribution in [0.15, 0.2) is 24.3 Å². The number of hydrogen-bond donors (Lipinski definition) is 0. The average Bonchev–Trinajstić information content (AvgIpc) is 2.35. The van der Waals surface area contributed by atoms with Crippen molar-refractivity contribution in [3.8, 4) is 0 Å². The molecule has 0 bridgehead atoms. The number of rotatable bonds is 2. The number of ketones is 1. The molecule has 1 fully saturated rings. The van der Waals surface area contributed by atoms with Gasteiger partial charge in [-0.25, -0.2) is 0 Å². The van der Waals surface area contributed by atoms with Gasteiger partial charge in [0.1, 0.15) is 0 Å². The van der Waals surface area contributed by atoms with Crippen LogP contribution in [0.3, 0.4) is 0 Å². The first-order chi connectivity index (χ1) is 8.68. The molecule has 0 aliphatic carbocycles. The molecule has 0 radical (unpaired) electrons. The maximum Gasteiger partial charge on any atom is 0.255 e. The van der Waals surface area contributed by atoms with Gasteiger partial charge in [0.15, 0.2) is 5.78 Å². The van der Waals surface area contributed by atoms with Crippen molar-refractivity contribution in [1.82, 2.24) is 4.90 Å². The highest BCUT2D eigenvalue weighted by molar-refractivity contribution is 6.07. The highest BCUT2D eigenvalue weighted by atomic mass is 16.2. The topological polar surface area (TPSA) is 37.4 Å². The fraction of sp³-hybridized carbons (Fsp3) is 0.500. The van der Waals surface area contributed by atoms with E-state index in [0.29, 0.717) is 11.1 Å². The number of carbonyl (C=O) groups excluding carboxylic acids is 2. The van der Waals surface area contributed by atoms with Crippen LogP contribution in [-0.2, 0) is 0 Å². The largest absolute Gasteiger partial charge is 0.332 e. The van der Waals surface area contributed by atoms with Crippen LogP contribution in [0.2, 0.25) is 0 Å². The molecule has 0 unspecified atom stereocenters. The summed E-state index contributed by atoms with van der Waals surface area (Å²) in [5, 5.41) is 0. The van der Waals surface area contributed by atoms with Gasteiger partial charge in [-0.2, -0.15) is 0 Å². The molecule has 102 valence electrons. The zero-order valence-corrected chi connectivity index (χ0v) is 12.3. The van der Waals surface area contributed by atoms with Crippen LogP contribution in [0.4, 0.5) is 0 Å². The van der Waals surface area contributed by atoms with Gasteiger partial charge < -0.3 is 4.90 Å². The van der Waals surface area contributed by atoms with Crippen molar-refractivity contribution in [1.29, 1.82) is 0 Å². The van der Waals surface area contributed by atoms with E-state index in [0.717, 1.165) is 6.54 Å². The summed E-state index contributed by atoms with van der Waals surface area (Å²) in [6.07, 6.45) is 0. The molecule has 1 heterocycles. The first-order valence-electron chi connectivity index (χ1n) is 6.60. The number of benzene rings is 1. The van der Waals surface area contributed by atoms with E-state index < -0.39 is 0 Å². The van der Waals surface area contributed by atoms with Crippen molar-refractivity contribution in [3.63, 3.8) is 0 Å². The molecule has 0 aromatic heterocycles. The molecule has 2 rings (SSSR count). The van der Waals surface area contributed by atoms with Gasteiger partial charge in [0.2, 0.25) is 0 Å². The molecule has 3 nitrogen and oxygen atoms in total. The van der Waals surface area contributed by atoms with E-state index in [9.17, 15) is 9.59 Å². The summed E-state index contributed by atoms with van der Waals surface area (Å²) in [5.74, 6) is -0.114. The predicted molar refractivity (Wildman–Crippen MR) is 75.3 cm³/mol. The molecular weight excluding hydrogens is 238 g/mol. The molecule has 1 amide bonds. The number of likely N-dealkylation sites (tertiary alicyclic amines) is 1. The Labute approximate surface area is 114 Å². The van der Waals surface area contributed by atoms with Gasteiger partial charge in [0.05, 0.1) is 5.56 Å². The van der Waals surface area contributed by atoms with Crippen molar-refractivity contribution in [2.24, 2.45) is 5.41 Å². The monoisotopic (exact) mass is 259 g/mol. The lowest BCUT2D eigenvalue weighted by Crippen LogP contribution is -2.70. The Bertz CT molecular complexity index is 543. The van der Waals surface area contributed by atoms with Gasteiger partial charge in [-0.15, -0.1) is 0 Å². The zero-order chi connectivity index (χ0) is 14.4. The van der Waals surface area contributed by atoms with Crippen molar-refractivity contribution in [3.05, 3.63) is 35.4 Å². The molecule has 1 saturated heterocycles. The third kappa shape index (κ3) is 1.97. The Morgan fingerprint density at radius 1 is 1.05 bits per heavy atom. The molecule has 0 atom stereocenters. The average molecular weight is 259 g/mol. The minimum absolute atomic E-state index is 0.0462. The molecule has 0 spiro atoms. The lowest BCUT2D eigenvalue weighted by atomic mass is 9.65. The molecule has 0 N–H and O–H groups in total. The minimum atomic E-state index is -0.187. The van der Waals surface area contributed by atoms with Gasteiger partial charge in [-0.05, 0) is 26.8 Å². The second kappa shape index (κ2) is 4.19. The lowest BCUT2D eigenvalue weighted by molar-refractivity contribution is -0.0882. The molecule has 1 aromatic rings. The van der Waals surface area contributed by atoms with Crippen LogP contribution in [0.25, 0.3) is 0 Å². The van der Waals surface area contributed by atoms with Crippen molar-refractivity contribution in [2.75, 3.05) is 6.54 Å². The number of nitrogens with zero attached hydrogens (tertiary/aromatic N) is 1. The van der Waals surface area contributed by atoms with Crippen LogP contribution in [0.1, 0.15) is 55.3 Å². The normalized spacial score (nSPS) is 19.7. The lowest BCUT2D eigenvalue weighted by Gasteiger charge is -2.61. The summed E-state index contributed by atoms with van der Waals surface area (Å²) >= 11 is 0. The molecule has 1 aromatic carbocycles. The Hall–Kier alpha value is -1.64. The zero-order valence-electron chi connectivity index (χ0n) is 12.3. The van der Waals surface area contributed by atoms with Gasteiger partial charge in [0.25, 0.3) is 5.91 Å². The van der Waals surface area contributed by atoms with E-state index in [-0.39, 0.29) is 22.6 Å². The Kier molecular flexibility index (Phi) is 3.04. The van der Waals surface area contributed by atoms with Gasteiger partial charge in [-0.3, -0.25) is 9.59 Å². The third-order valence-electron chi connectivity index (χ3n) is 4.67. The minimum Gasteiger partial charge on any atom is -0.332 e. The van der Waals surface area contributed by atoms with E-state index in [2.05, 4.69) is 27.7 Å². The highest BCUT2D eigenvalue weighted by Gasteiger charge is 2.54. The second-order valence-electron chi connectivity index (χ2n) is 6.44. The number of amides is 1. The number of Topliss-reactive ketones (excluding diaryl/α,β-unsaturated/α-hetero) is 1. The predicted octanol–water partition coefficient (Wildman–Crippen LogP) is 3.15. The standard InChI is InChI=1S/C16H21NO2/c1-11(18)12-8-6-7-9-13(12)14(19)17-10-15(2,3)16(17,4)5/h6-9H,10H2,1-5H3. The van der Waals surface area contributed by atoms with Gasteiger partial charge in [0, 0.05) is 23.1 Å². The Balaban J connectivity index is 2.35. The molecule has 3 heteroatoms. The quantitative estimate of drug-likeness (QED) is 0.765. The second-order valence-corrected chi connectivity index (χ2v) is 6.44. The van der Waals surface area contributed by atoms with Crippen LogP contribution < -0.4 is 0 Å². The van der Waals surface area contributed by atoms with Crippen LogP contribution in [0, 0.1) is 5.41 Å². The molecule has 1 aliphatic rings. The summed E-state index contributed by atoms with van der Waals surface area (Å²) in [7, 11) is 0. The van der Waals surface area contributed by atoms with E-state index in [1.54, 1.807) is 24.3 Å². The van der Waals surface area contributed by atoms with Crippen LogP contribution in [0.5, 0.6) is 0 Å². The Morgan fingerprint density at radius 3 is 2.00 bits per heavy atom. The van der Waals surface area contributed by atoms with Gasteiger partial charge >= 0.3 is 0 Å². The van der Waals surface area contributed by atoms with E-state index in [1.165, 1.54) is 6.92 Å². The summed E-state index contributed by atoms with van der Waals surface area (Å²) < 4.78 is 0. The number of carbonyl (C=O) groups is 2. The smallest absolute Gasteiger partial charge is 0.255 e. The van der Waals surface area contributed by atoms with E-state index in [1.807, 2.05) is 4.90 Å². The fourth-order valence-electron chi connectivity index (χ4n) is 2.51. The first-order valence-corrected chi connectivity index (χ1v) is 6.60. The maximum absolute atomic E-state index is 12.6. The molecule has 0 saturated carbocycles. The summed E-state index contributed by atoms with van der Waals surface area (Å²) in [5.41, 5.74) is 0.938. The molecule has 19 heavy (non-hydrogen) atoms. The maximum atomic E-state index is 12.6. The van der Waals surface area contributed by atoms with Crippen LogP contribution in [-0.4, -0.2) is 28.7 Å². The molecule has 1 aliphatic heterocycles. The molecular formula is C16H21NO2. The third-order valence-corrected chi connectivity index (χ3v) is 4.67. The SMILES string of the molecule is CC(=O)c1ccccc1C(=O)N1CC(C)(C)C1(C)C. The summed E-state index contributed by atoms with van der Waals surface area (Å²) in [6.45, 7) is 10.7. The van der Waals surface area contributed by atoms with E-state index in [4.69, 9.17) is 0 Å².